The maximum absolute atomic E-state index is 11.5. The lowest BCUT2D eigenvalue weighted by molar-refractivity contribution is 0.289. The Morgan fingerprint density at radius 3 is 2.67 bits per heavy atom. The van der Waals surface area contributed by atoms with Crippen LogP contribution in [0.2, 0.25) is 0 Å². The second-order valence-electron chi connectivity index (χ2n) is 5.86. The van der Waals surface area contributed by atoms with Gasteiger partial charge in [0.1, 0.15) is 0 Å². The second kappa shape index (κ2) is 6.89. The summed E-state index contributed by atoms with van der Waals surface area (Å²) in [5, 5.41) is 8.05. The molecular weight excluding hydrogens is 288 g/mol. The molecule has 1 aliphatic heterocycles. The normalized spacial score (nSPS) is 19.8. The minimum atomic E-state index is -3.04. The van der Waals surface area contributed by atoms with Crippen LogP contribution in [0, 0.1) is 0 Å². The number of rotatable bonds is 6. The highest BCUT2D eigenvalue weighted by Gasteiger charge is 2.24. The molecule has 0 radical (unpaired) electrons. The Morgan fingerprint density at radius 1 is 1.43 bits per heavy atom. The van der Waals surface area contributed by atoms with Crippen molar-refractivity contribution in [3.63, 3.8) is 0 Å². The Hall–Kier alpha value is -0.920. The van der Waals surface area contributed by atoms with Gasteiger partial charge in [-0.25, -0.2) is 12.7 Å². The van der Waals surface area contributed by atoms with E-state index in [2.05, 4.69) is 24.3 Å². The van der Waals surface area contributed by atoms with Crippen molar-refractivity contribution in [3.8, 4) is 0 Å². The molecule has 1 aromatic heterocycles. The van der Waals surface area contributed by atoms with Crippen molar-refractivity contribution in [2.24, 2.45) is 0 Å². The molecule has 6 nitrogen and oxygen atoms in total. The first-order valence-electron chi connectivity index (χ1n) is 7.62. The summed E-state index contributed by atoms with van der Waals surface area (Å²) in [6.45, 7) is 6.27. The first-order valence-corrected chi connectivity index (χ1v) is 9.47. The van der Waals surface area contributed by atoms with Crippen LogP contribution >= 0.6 is 0 Å². The van der Waals surface area contributed by atoms with E-state index < -0.39 is 10.0 Å². The summed E-state index contributed by atoms with van der Waals surface area (Å²) in [5.74, 6) is 0. The first kappa shape index (κ1) is 16.5. The average Bonchev–Trinajstić information content (AvgIpc) is 2.92. The third-order valence-electron chi connectivity index (χ3n) is 4.20. The van der Waals surface area contributed by atoms with Gasteiger partial charge in [0.2, 0.25) is 10.0 Å². The van der Waals surface area contributed by atoms with Gasteiger partial charge in [0.05, 0.1) is 11.9 Å². The fourth-order valence-electron chi connectivity index (χ4n) is 2.54. The predicted molar refractivity (Wildman–Crippen MR) is 83.5 cm³/mol. The molecule has 1 fully saturated rings. The monoisotopic (exact) mass is 314 g/mol. The summed E-state index contributed by atoms with van der Waals surface area (Å²) >= 11 is 0. The van der Waals surface area contributed by atoms with E-state index in [0.29, 0.717) is 25.2 Å². The van der Waals surface area contributed by atoms with Gasteiger partial charge in [-0.05, 0) is 32.3 Å². The van der Waals surface area contributed by atoms with Crippen LogP contribution in [0.5, 0.6) is 0 Å². The van der Waals surface area contributed by atoms with Crippen molar-refractivity contribution >= 4 is 10.0 Å². The fraction of sp³-hybridized carbons (Fsp3) is 0.786. The van der Waals surface area contributed by atoms with E-state index in [1.54, 1.807) is 4.31 Å². The zero-order chi connectivity index (χ0) is 15.5. The van der Waals surface area contributed by atoms with E-state index >= 15 is 0 Å². The van der Waals surface area contributed by atoms with Crippen LogP contribution in [0.15, 0.2) is 12.3 Å². The number of hydrogen-bond donors (Lipinski definition) is 1. The van der Waals surface area contributed by atoms with Crippen LogP contribution in [0.4, 0.5) is 0 Å². The Labute approximate surface area is 127 Å². The molecule has 1 aliphatic rings. The van der Waals surface area contributed by atoms with Crippen LogP contribution in [-0.2, 0) is 16.6 Å². The Morgan fingerprint density at radius 2 is 2.10 bits per heavy atom. The number of piperidine rings is 1. The molecule has 120 valence electrons. The number of sulfonamides is 1. The van der Waals surface area contributed by atoms with Gasteiger partial charge in [-0.15, -0.1) is 0 Å². The highest BCUT2D eigenvalue weighted by molar-refractivity contribution is 7.88. The van der Waals surface area contributed by atoms with E-state index in [4.69, 9.17) is 0 Å². The van der Waals surface area contributed by atoms with Crippen molar-refractivity contribution in [1.82, 2.24) is 19.4 Å². The number of nitrogens with zero attached hydrogens (tertiary/aromatic N) is 3. The molecule has 21 heavy (non-hydrogen) atoms. The van der Waals surface area contributed by atoms with Gasteiger partial charge >= 0.3 is 0 Å². The predicted octanol–water partition coefficient (Wildman–Crippen LogP) is 1.37. The van der Waals surface area contributed by atoms with E-state index in [1.807, 2.05) is 16.9 Å². The van der Waals surface area contributed by atoms with Crippen molar-refractivity contribution < 1.29 is 8.42 Å². The van der Waals surface area contributed by atoms with Gasteiger partial charge < -0.3 is 5.32 Å². The van der Waals surface area contributed by atoms with Gasteiger partial charge in [-0.1, -0.05) is 6.92 Å². The maximum Gasteiger partial charge on any atom is 0.211 e. The molecule has 0 spiro atoms. The largest absolute Gasteiger partial charge is 0.308 e. The summed E-state index contributed by atoms with van der Waals surface area (Å²) in [6, 6.07) is 2.85. The Bertz CT molecular complexity index is 547. The minimum absolute atomic E-state index is 0.372. The van der Waals surface area contributed by atoms with Crippen molar-refractivity contribution in [2.75, 3.05) is 19.3 Å². The van der Waals surface area contributed by atoms with Gasteiger partial charge in [0, 0.05) is 37.9 Å². The number of nitrogens with one attached hydrogen (secondary N) is 1. The molecule has 0 saturated carbocycles. The third kappa shape index (κ3) is 4.52. The van der Waals surface area contributed by atoms with Crippen molar-refractivity contribution in [2.45, 2.75) is 51.7 Å². The molecule has 1 unspecified atom stereocenters. The maximum atomic E-state index is 11.5. The Kier molecular flexibility index (Phi) is 5.40. The van der Waals surface area contributed by atoms with Gasteiger partial charge in [-0.3, -0.25) is 4.68 Å². The molecule has 0 bridgehead atoms. The molecule has 0 aliphatic carbocycles. The second-order valence-corrected chi connectivity index (χ2v) is 7.84. The summed E-state index contributed by atoms with van der Waals surface area (Å²) in [4.78, 5) is 0. The minimum Gasteiger partial charge on any atom is -0.308 e. The molecule has 1 atom stereocenters. The summed E-state index contributed by atoms with van der Waals surface area (Å²) in [7, 11) is -3.04. The zero-order valence-electron chi connectivity index (χ0n) is 13.1. The molecule has 0 amide bonds. The van der Waals surface area contributed by atoms with Crippen LogP contribution < -0.4 is 5.32 Å². The van der Waals surface area contributed by atoms with Crippen LogP contribution in [-0.4, -0.2) is 47.9 Å². The topological polar surface area (TPSA) is 67.2 Å². The van der Waals surface area contributed by atoms with E-state index in [1.165, 1.54) is 6.26 Å². The first-order chi connectivity index (χ1) is 9.90. The molecule has 1 N–H and O–H groups in total. The number of aromatic nitrogens is 2. The lowest BCUT2D eigenvalue weighted by atomic mass is 10.1. The van der Waals surface area contributed by atoms with Crippen LogP contribution in [0.3, 0.4) is 0 Å². The average molecular weight is 314 g/mol. The number of hydrogen-bond acceptors (Lipinski definition) is 4. The van der Waals surface area contributed by atoms with Crippen LogP contribution in [0.25, 0.3) is 0 Å². The van der Waals surface area contributed by atoms with Gasteiger partial charge in [0.15, 0.2) is 0 Å². The van der Waals surface area contributed by atoms with E-state index in [-0.39, 0.29) is 0 Å². The highest BCUT2D eigenvalue weighted by Crippen LogP contribution is 2.14. The molecule has 1 saturated heterocycles. The molecule has 7 heteroatoms. The lowest BCUT2D eigenvalue weighted by Crippen LogP contribution is -2.44. The van der Waals surface area contributed by atoms with Gasteiger partial charge in [0.25, 0.3) is 0 Å². The molecule has 0 aromatic carbocycles. The molecular formula is C14H26N4O2S. The van der Waals surface area contributed by atoms with E-state index in [0.717, 1.165) is 31.5 Å². The van der Waals surface area contributed by atoms with Crippen molar-refractivity contribution in [3.05, 3.63) is 18.0 Å². The molecule has 1 aromatic rings. The fourth-order valence-corrected chi connectivity index (χ4v) is 3.42. The van der Waals surface area contributed by atoms with Gasteiger partial charge in [-0.2, -0.15) is 5.10 Å². The molecule has 2 heterocycles. The highest BCUT2D eigenvalue weighted by atomic mass is 32.2. The van der Waals surface area contributed by atoms with Crippen molar-refractivity contribution in [1.29, 1.82) is 0 Å². The quantitative estimate of drug-likeness (QED) is 0.861. The summed E-state index contributed by atoms with van der Waals surface area (Å²) in [5.41, 5.74) is 1.04. The smallest absolute Gasteiger partial charge is 0.211 e. The zero-order valence-corrected chi connectivity index (χ0v) is 13.9. The summed E-state index contributed by atoms with van der Waals surface area (Å²) in [6.07, 6.45) is 6.09. The third-order valence-corrected chi connectivity index (χ3v) is 5.50. The Balaban J connectivity index is 1.78. The van der Waals surface area contributed by atoms with Crippen LogP contribution in [0.1, 0.15) is 44.8 Å². The SMILES string of the molecule is CCC(C)n1ccc(CNC2CCN(S(C)(=O)=O)CC2)n1. The lowest BCUT2D eigenvalue weighted by Gasteiger charge is -2.30. The summed E-state index contributed by atoms with van der Waals surface area (Å²) < 4.78 is 26.5. The standard InChI is InChI=1S/C14H26N4O2S/c1-4-12(2)18-10-7-14(16-18)11-15-13-5-8-17(9-6-13)21(3,19)20/h7,10,12-13,15H,4-6,8-9,11H2,1-3H3. The molecule has 2 rings (SSSR count). The van der Waals surface area contributed by atoms with E-state index in [9.17, 15) is 8.42 Å².